The molecule has 1 atom stereocenters. The highest BCUT2D eigenvalue weighted by atomic mass is 19.1. The number of aromatic amines is 1. The van der Waals surface area contributed by atoms with Gasteiger partial charge in [-0.3, -0.25) is 9.89 Å². The van der Waals surface area contributed by atoms with Crippen molar-refractivity contribution in [2.75, 3.05) is 7.11 Å². The van der Waals surface area contributed by atoms with Crippen LogP contribution in [0.4, 0.5) is 4.39 Å². The summed E-state index contributed by atoms with van der Waals surface area (Å²) in [5.74, 6) is 0.803. The Morgan fingerprint density at radius 1 is 1.03 bits per heavy atom. The van der Waals surface area contributed by atoms with Gasteiger partial charge in [0, 0.05) is 17.0 Å². The highest BCUT2D eigenvalue weighted by Gasteiger charge is 2.34. The van der Waals surface area contributed by atoms with Crippen molar-refractivity contribution in [2.24, 2.45) is 0 Å². The van der Waals surface area contributed by atoms with Gasteiger partial charge in [0.1, 0.15) is 23.9 Å². The van der Waals surface area contributed by atoms with E-state index in [4.69, 9.17) is 14.2 Å². The smallest absolute Gasteiger partial charge is 0.313 e. The van der Waals surface area contributed by atoms with Crippen LogP contribution in [0.15, 0.2) is 72.8 Å². The minimum atomic E-state index is -0.333. The quantitative estimate of drug-likeness (QED) is 0.412. The Morgan fingerprint density at radius 2 is 1.76 bits per heavy atom. The minimum Gasteiger partial charge on any atom is -0.497 e. The predicted octanol–water partition coefficient (Wildman–Crippen LogP) is 5.24. The molecule has 3 aromatic carbocycles. The Bertz CT molecular complexity index is 1280. The standard InChI is InChI=1S/C26H21FN2O4/c1-31-19-10-8-17(9-11-19)25-24-21(14-23(30)33-26(24)29-28-25)16-6-12-20(13-7-16)32-15-18-4-2-3-5-22(18)27/h2-13,21H,14-15H2,1H3,(H,28,29)/t21-/m1/s1. The van der Waals surface area contributed by atoms with E-state index in [0.29, 0.717) is 17.2 Å². The van der Waals surface area contributed by atoms with Gasteiger partial charge in [0.05, 0.1) is 24.8 Å². The number of benzene rings is 3. The van der Waals surface area contributed by atoms with Crippen LogP contribution in [0.1, 0.15) is 29.0 Å². The lowest BCUT2D eigenvalue weighted by atomic mass is 9.86. The highest BCUT2D eigenvalue weighted by Crippen LogP contribution is 2.43. The topological polar surface area (TPSA) is 73.4 Å². The molecule has 0 unspecified atom stereocenters. The van der Waals surface area contributed by atoms with Crippen LogP contribution in [0, 0.1) is 5.82 Å². The molecule has 5 rings (SSSR count). The first-order chi connectivity index (χ1) is 16.1. The summed E-state index contributed by atoms with van der Waals surface area (Å²) >= 11 is 0. The van der Waals surface area contributed by atoms with Crippen LogP contribution in [-0.2, 0) is 11.4 Å². The molecule has 166 valence electrons. The summed E-state index contributed by atoms with van der Waals surface area (Å²) in [6, 6.07) is 21.6. The van der Waals surface area contributed by atoms with Gasteiger partial charge in [-0.25, -0.2) is 4.39 Å². The number of rotatable bonds is 6. The fourth-order valence-corrected chi connectivity index (χ4v) is 3.99. The van der Waals surface area contributed by atoms with Crippen LogP contribution < -0.4 is 14.2 Å². The normalized spacial score (nSPS) is 15.0. The number of hydrogen-bond donors (Lipinski definition) is 1. The second kappa shape index (κ2) is 8.78. The molecule has 0 fully saturated rings. The van der Waals surface area contributed by atoms with Gasteiger partial charge in [0.2, 0.25) is 5.88 Å². The molecular weight excluding hydrogens is 423 g/mol. The number of nitrogens with one attached hydrogen (secondary N) is 1. The summed E-state index contributed by atoms with van der Waals surface area (Å²) in [5, 5.41) is 7.25. The first-order valence-electron chi connectivity index (χ1n) is 10.5. The Morgan fingerprint density at radius 3 is 2.48 bits per heavy atom. The van der Waals surface area contributed by atoms with Gasteiger partial charge in [0.25, 0.3) is 0 Å². The monoisotopic (exact) mass is 444 g/mol. The number of halogens is 1. The average molecular weight is 444 g/mol. The summed E-state index contributed by atoms with van der Waals surface area (Å²) in [5.41, 5.74) is 3.97. The van der Waals surface area contributed by atoms with E-state index in [1.807, 2.05) is 48.5 Å². The first-order valence-corrected chi connectivity index (χ1v) is 10.5. The fraction of sp³-hybridized carbons (Fsp3) is 0.154. The van der Waals surface area contributed by atoms with Crippen molar-refractivity contribution in [1.82, 2.24) is 10.2 Å². The second-order valence-corrected chi connectivity index (χ2v) is 7.73. The zero-order valence-electron chi connectivity index (χ0n) is 17.9. The van der Waals surface area contributed by atoms with Crippen LogP contribution in [0.25, 0.3) is 11.3 Å². The Balaban J connectivity index is 1.41. The van der Waals surface area contributed by atoms with Gasteiger partial charge < -0.3 is 14.2 Å². The SMILES string of the molecule is COc1ccc(-c2[nH]nc3c2[C@@H](c2ccc(OCc4ccccc4F)cc2)CC(=O)O3)cc1. The molecule has 1 aliphatic heterocycles. The lowest BCUT2D eigenvalue weighted by Gasteiger charge is -2.22. The molecule has 0 saturated carbocycles. The van der Waals surface area contributed by atoms with Crippen molar-refractivity contribution >= 4 is 5.97 Å². The third-order valence-corrected chi connectivity index (χ3v) is 5.71. The zero-order chi connectivity index (χ0) is 22.8. The number of hydrogen-bond acceptors (Lipinski definition) is 5. The molecule has 0 aliphatic carbocycles. The maximum atomic E-state index is 13.8. The van der Waals surface area contributed by atoms with E-state index >= 15 is 0 Å². The molecule has 0 amide bonds. The van der Waals surface area contributed by atoms with Crippen LogP contribution in [0.2, 0.25) is 0 Å². The van der Waals surface area contributed by atoms with E-state index in [0.717, 1.165) is 28.1 Å². The van der Waals surface area contributed by atoms with Crippen molar-refractivity contribution in [3.63, 3.8) is 0 Å². The number of H-pyrrole nitrogens is 1. The predicted molar refractivity (Wildman–Crippen MR) is 120 cm³/mol. The summed E-state index contributed by atoms with van der Waals surface area (Å²) in [4.78, 5) is 12.2. The van der Waals surface area contributed by atoms with E-state index in [-0.39, 0.29) is 30.7 Å². The van der Waals surface area contributed by atoms with Gasteiger partial charge in [-0.15, -0.1) is 5.10 Å². The van der Waals surface area contributed by atoms with Crippen molar-refractivity contribution in [3.05, 3.63) is 95.3 Å². The molecule has 1 aliphatic rings. The molecule has 0 radical (unpaired) electrons. The molecule has 1 N–H and O–H groups in total. The largest absolute Gasteiger partial charge is 0.497 e. The Labute approximate surface area is 189 Å². The highest BCUT2D eigenvalue weighted by molar-refractivity contribution is 5.80. The molecule has 1 aromatic heterocycles. The van der Waals surface area contributed by atoms with E-state index in [2.05, 4.69) is 10.2 Å². The molecular formula is C26H21FN2O4. The summed E-state index contributed by atoms with van der Waals surface area (Å²) < 4.78 is 30.2. The van der Waals surface area contributed by atoms with E-state index in [1.165, 1.54) is 6.07 Å². The summed E-state index contributed by atoms with van der Waals surface area (Å²) in [6.45, 7) is 0.134. The zero-order valence-corrected chi connectivity index (χ0v) is 17.9. The van der Waals surface area contributed by atoms with Gasteiger partial charge in [-0.05, 0) is 48.0 Å². The third-order valence-electron chi connectivity index (χ3n) is 5.71. The second-order valence-electron chi connectivity index (χ2n) is 7.73. The molecule has 7 heteroatoms. The number of carbonyl (C=O) groups excluding carboxylic acids is 1. The third kappa shape index (κ3) is 4.17. The number of methoxy groups -OCH3 is 1. The van der Waals surface area contributed by atoms with Gasteiger partial charge in [-0.1, -0.05) is 30.3 Å². The number of fused-ring (bicyclic) bond motifs is 1. The fourth-order valence-electron chi connectivity index (χ4n) is 3.99. The van der Waals surface area contributed by atoms with Crippen molar-refractivity contribution < 1.29 is 23.4 Å². The Kier molecular flexibility index (Phi) is 5.52. The molecule has 6 nitrogen and oxygen atoms in total. The van der Waals surface area contributed by atoms with Crippen LogP contribution in [-0.4, -0.2) is 23.3 Å². The molecule has 0 spiro atoms. The lowest BCUT2D eigenvalue weighted by Crippen LogP contribution is -2.20. The van der Waals surface area contributed by atoms with Crippen LogP contribution in [0.3, 0.4) is 0 Å². The van der Waals surface area contributed by atoms with Crippen LogP contribution in [0.5, 0.6) is 17.4 Å². The maximum absolute atomic E-state index is 13.8. The van der Waals surface area contributed by atoms with Crippen molar-refractivity contribution in [3.8, 4) is 28.6 Å². The summed E-state index contributed by atoms with van der Waals surface area (Å²) in [7, 11) is 1.62. The Hall–Kier alpha value is -4.13. The van der Waals surface area contributed by atoms with Crippen molar-refractivity contribution in [1.29, 1.82) is 0 Å². The molecule has 33 heavy (non-hydrogen) atoms. The van der Waals surface area contributed by atoms with Gasteiger partial charge >= 0.3 is 5.97 Å². The number of esters is 1. The lowest BCUT2D eigenvalue weighted by molar-refractivity contribution is -0.135. The molecule has 4 aromatic rings. The average Bonchev–Trinajstić information content (AvgIpc) is 3.27. The molecule has 2 heterocycles. The minimum absolute atomic E-state index is 0.134. The first kappa shape index (κ1) is 20.8. The molecule has 0 bridgehead atoms. The van der Waals surface area contributed by atoms with Gasteiger partial charge in [0.15, 0.2) is 0 Å². The number of aromatic nitrogens is 2. The number of nitrogens with zero attached hydrogens (tertiary/aromatic N) is 1. The van der Waals surface area contributed by atoms with Crippen LogP contribution >= 0.6 is 0 Å². The molecule has 0 saturated heterocycles. The van der Waals surface area contributed by atoms with Gasteiger partial charge in [-0.2, -0.15) is 0 Å². The number of ether oxygens (including phenoxy) is 3. The van der Waals surface area contributed by atoms with Crippen molar-refractivity contribution in [2.45, 2.75) is 18.9 Å². The number of carbonyl (C=O) groups is 1. The van der Waals surface area contributed by atoms with E-state index in [1.54, 1.807) is 25.3 Å². The van der Waals surface area contributed by atoms with E-state index in [9.17, 15) is 9.18 Å². The van der Waals surface area contributed by atoms with E-state index < -0.39 is 0 Å². The summed E-state index contributed by atoms with van der Waals surface area (Å²) in [6.07, 6.45) is 0.200. The maximum Gasteiger partial charge on any atom is 0.313 e.